The molecule has 2 fully saturated rings. The first-order valence-electron chi connectivity index (χ1n) is 6.95. The van der Waals surface area contributed by atoms with E-state index in [9.17, 15) is 24.6 Å². The largest absolute Gasteiger partial charge is 0.508 e. The van der Waals surface area contributed by atoms with Crippen LogP contribution in [0.5, 0.6) is 5.75 Å². The quantitative estimate of drug-likeness (QED) is 0.809. The maximum Gasteiger partial charge on any atom is 0.337 e. The van der Waals surface area contributed by atoms with Crippen LogP contribution in [0.15, 0.2) is 18.2 Å². The summed E-state index contributed by atoms with van der Waals surface area (Å²) in [5.74, 6) is -2.80. The van der Waals surface area contributed by atoms with Crippen molar-refractivity contribution >= 4 is 23.5 Å². The van der Waals surface area contributed by atoms with Crippen LogP contribution in [0.1, 0.15) is 36.0 Å². The van der Waals surface area contributed by atoms with Gasteiger partial charge in [0.1, 0.15) is 5.75 Å². The number of phenolic OH excluding ortho intramolecular Hbond substituents is 1. The molecule has 0 radical (unpaired) electrons. The number of phenols is 1. The first kappa shape index (κ1) is 13.6. The van der Waals surface area contributed by atoms with Crippen LogP contribution < -0.4 is 4.90 Å². The summed E-state index contributed by atoms with van der Waals surface area (Å²) in [5, 5.41) is 18.6. The Morgan fingerprint density at radius 3 is 2.19 bits per heavy atom. The zero-order valence-corrected chi connectivity index (χ0v) is 11.3. The van der Waals surface area contributed by atoms with Gasteiger partial charge in [0, 0.05) is 0 Å². The van der Waals surface area contributed by atoms with Gasteiger partial charge in [0.15, 0.2) is 0 Å². The Kier molecular flexibility index (Phi) is 3.16. The third kappa shape index (κ3) is 2.07. The number of hydrogen-bond acceptors (Lipinski definition) is 4. The van der Waals surface area contributed by atoms with Gasteiger partial charge in [-0.15, -0.1) is 0 Å². The number of nitrogens with zero attached hydrogens (tertiary/aromatic N) is 1. The number of carbonyl (C=O) groups excluding carboxylic acids is 2. The van der Waals surface area contributed by atoms with Gasteiger partial charge < -0.3 is 10.2 Å². The zero-order chi connectivity index (χ0) is 15.1. The summed E-state index contributed by atoms with van der Waals surface area (Å²) in [4.78, 5) is 37.2. The second-order valence-corrected chi connectivity index (χ2v) is 5.52. The summed E-state index contributed by atoms with van der Waals surface area (Å²) in [7, 11) is 0. The van der Waals surface area contributed by atoms with Crippen molar-refractivity contribution in [3.8, 4) is 5.75 Å². The summed E-state index contributed by atoms with van der Waals surface area (Å²) in [6.45, 7) is 0. The van der Waals surface area contributed by atoms with E-state index in [2.05, 4.69) is 0 Å². The SMILES string of the molecule is O=C(O)c1cc(O)ccc1N1C(=O)C2CCCCC2C1=O. The normalized spacial score (nSPS) is 25.0. The average Bonchev–Trinajstić information content (AvgIpc) is 2.72. The molecule has 110 valence electrons. The topological polar surface area (TPSA) is 94.9 Å². The lowest BCUT2D eigenvalue weighted by molar-refractivity contribution is -0.122. The lowest BCUT2D eigenvalue weighted by Gasteiger charge is -2.19. The van der Waals surface area contributed by atoms with Crippen molar-refractivity contribution in [2.45, 2.75) is 25.7 Å². The first-order chi connectivity index (χ1) is 10.0. The monoisotopic (exact) mass is 289 g/mol. The van der Waals surface area contributed by atoms with Gasteiger partial charge >= 0.3 is 5.97 Å². The highest BCUT2D eigenvalue weighted by molar-refractivity contribution is 6.23. The average molecular weight is 289 g/mol. The molecule has 0 spiro atoms. The number of hydrogen-bond donors (Lipinski definition) is 2. The van der Waals surface area contributed by atoms with Crippen LogP contribution in [0.3, 0.4) is 0 Å². The Morgan fingerprint density at radius 2 is 1.67 bits per heavy atom. The van der Waals surface area contributed by atoms with Gasteiger partial charge in [0.05, 0.1) is 23.1 Å². The minimum absolute atomic E-state index is 0.0460. The molecule has 1 aliphatic carbocycles. The molecular weight excluding hydrogens is 274 g/mol. The van der Waals surface area contributed by atoms with Crippen LogP contribution in [0, 0.1) is 11.8 Å². The van der Waals surface area contributed by atoms with E-state index in [1.54, 1.807) is 0 Å². The summed E-state index contributed by atoms with van der Waals surface area (Å²) in [5.41, 5.74) is -0.194. The minimum atomic E-state index is -1.28. The zero-order valence-electron chi connectivity index (χ0n) is 11.3. The molecule has 6 nitrogen and oxygen atoms in total. The maximum absolute atomic E-state index is 12.5. The van der Waals surface area contributed by atoms with Crippen molar-refractivity contribution in [3.05, 3.63) is 23.8 Å². The fourth-order valence-electron chi connectivity index (χ4n) is 3.29. The molecule has 1 saturated carbocycles. The molecule has 2 aliphatic rings. The minimum Gasteiger partial charge on any atom is -0.508 e. The highest BCUT2D eigenvalue weighted by Gasteiger charge is 2.49. The molecule has 1 saturated heterocycles. The van der Waals surface area contributed by atoms with E-state index in [0.29, 0.717) is 12.8 Å². The molecular formula is C15H15NO5. The van der Waals surface area contributed by atoms with Crippen molar-refractivity contribution in [3.63, 3.8) is 0 Å². The highest BCUT2D eigenvalue weighted by atomic mass is 16.4. The molecule has 2 atom stereocenters. The van der Waals surface area contributed by atoms with Gasteiger partial charge in [0.2, 0.25) is 11.8 Å². The third-order valence-corrected chi connectivity index (χ3v) is 4.29. The Hall–Kier alpha value is -2.37. The molecule has 0 aromatic heterocycles. The number of benzene rings is 1. The van der Waals surface area contributed by atoms with Crippen molar-refractivity contribution < 1.29 is 24.6 Å². The van der Waals surface area contributed by atoms with Gasteiger partial charge in [-0.05, 0) is 31.0 Å². The lowest BCUT2D eigenvalue weighted by atomic mass is 9.81. The molecule has 1 aromatic carbocycles. The Labute approximate surface area is 121 Å². The van der Waals surface area contributed by atoms with E-state index in [1.807, 2.05) is 0 Å². The van der Waals surface area contributed by atoms with Gasteiger partial charge in [-0.1, -0.05) is 12.8 Å². The van der Waals surface area contributed by atoms with Crippen molar-refractivity contribution in [2.24, 2.45) is 11.8 Å². The Morgan fingerprint density at radius 1 is 1.10 bits per heavy atom. The van der Waals surface area contributed by atoms with Crippen LogP contribution >= 0.6 is 0 Å². The van der Waals surface area contributed by atoms with Gasteiger partial charge in [0.25, 0.3) is 0 Å². The van der Waals surface area contributed by atoms with Crippen LogP contribution in [0.4, 0.5) is 5.69 Å². The van der Waals surface area contributed by atoms with Crippen LogP contribution in [0.2, 0.25) is 0 Å². The van der Waals surface area contributed by atoms with Gasteiger partial charge in [-0.2, -0.15) is 0 Å². The summed E-state index contributed by atoms with van der Waals surface area (Å²) in [6.07, 6.45) is 3.17. The molecule has 1 heterocycles. The molecule has 2 unspecified atom stereocenters. The maximum atomic E-state index is 12.5. The first-order valence-corrected chi connectivity index (χ1v) is 6.95. The molecule has 21 heavy (non-hydrogen) atoms. The van der Waals surface area contributed by atoms with E-state index in [1.165, 1.54) is 12.1 Å². The summed E-state index contributed by atoms with van der Waals surface area (Å²) < 4.78 is 0. The van der Waals surface area contributed by atoms with E-state index >= 15 is 0 Å². The molecule has 1 aromatic rings. The number of anilines is 1. The van der Waals surface area contributed by atoms with E-state index in [0.717, 1.165) is 23.8 Å². The number of imide groups is 1. The predicted octanol–water partition coefficient (Wildman–Crippen LogP) is 1.77. The van der Waals surface area contributed by atoms with Gasteiger partial charge in [-0.3, -0.25) is 9.59 Å². The van der Waals surface area contributed by atoms with Gasteiger partial charge in [-0.25, -0.2) is 9.69 Å². The second-order valence-electron chi connectivity index (χ2n) is 5.52. The van der Waals surface area contributed by atoms with E-state index in [4.69, 9.17) is 0 Å². The lowest BCUT2D eigenvalue weighted by Crippen LogP contribution is -2.32. The molecule has 6 heteroatoms. The second kappa shape index (κ2) is 4.87. The molecule has 0 bridgehead atoms. The number of aromatic carboxylic acids is 1. The third-order valence-electron chi connectivity index (χ3n) is 4.29. The number of amides is 2. The molecule has 1 aliphatic heterocycles. The highest BCUT2D eigenvalue weighted by Crippen LogP contribution is 2.41. The number of aromatic hydroxyl groups is 1. The molecule has 2 N–H and O–H groups in total. The summed E-state index contributed by atoms with van der Waals surface area (Å²) in [6, 6.07) is 3.65. The fraction of sp³-hybridized carbons (Fsp3) is 0.400. The van der Waals surface area contributed by atoms with Crippen molar-refractivity contribution in [1.29, 1.82) is 0 Å². The fourth-order valence-corrected chi connectivity index (χ4v) is 3.29. The number of carbonyl (C=O) groups is 3. The number of carboxylic acids is 1. The Balaban J connectivity index is 2.06. The van der Waals surface area contributed by atoms with Crippen LogP contribution in [-0.4, -0.2) is 28.0 Å². The van der Waals surface area contributed by atoms with Crippen molar-refractivity contribution in [2.75, 3.05) is 4.90 Å². The number of carboxylic acid groups (broad SMARTS) is 1. The Bertz CT molecular complexity index is 615. The molecule has 2 amide bonds. The summed E-state index contributed by atoms with van der Waals surface area (Å²) >= 11 is 0. The number of rotatable bonds is 2. The van der Waals surface area contributed by atoms with E-state index in [-0.39, 0.29) is 40.7 Å². The standard InChI is InChI=1S/C15H15NO5/c17-8-5-6-12(11(7-8)15(20)21)16-13(18)9-3-1-2-4-10(9)14(16)19/h5-7,9-10,17H,1-4H2,(H,20,21). The molecule has 3 rings (SSSR count). The van der Waals surface area contributed by atoms with Crippen LogP contribution in [0.25, 0.3) is 0 Å². The number of fused-ring (bicyclic) bond motifs is 1. The van der Waals surface area contributed by atoms with Crippen molar-refractivity contribution in [1.82, 2.24) is 0 Å². The van der Waals surface area contributed by atoms with Crippen LogP contribution in [-0.2, 0) is 9.59 Å². The van der Waals surface area contributed by atoms with E-state index < -0.39 is 5.97 Å². The smallest absolute Gasteiger partial charge is 0.337 e. The predicted molar refractivity (Wildman–Crippen MR) is 73.0 cm³/mol.